The summed E-state index contributed by atoms with van der Waals surface area (Å²) in [4.78, 5) is 47.8. The first-order valence-electron chi connectivity index (χ1n) is 24.9. The van der Waals surface area contributed by atoms with Crippen molar-refractivity contribution in [2.45, 2.75) is 251 Å². The third kappa shape index (κ3) is 41.8. The van der Waals surface area contributed by atoms with Gasteiger partial charge in [0.2, 0.25) is 11.8 Å². The largest absolute Gasteiger partial charge is 0.480 e. The summed E-state index contributed by atoms with van der Waals surface area (Å²) >= 11 is 0. The number of rotatable bonds is 45. The number of ether oxygens (including phenoxy) is 1. The topological polar surface area (TPSA) is 142 Å². The van der Waals surface area contributed by atoms with Crippen LogP contribution in [0.15, 0.2) is 36.5 Å². The average Bonchev–Trinajstić information content (AvgIpc) is 3.23. The van der Waals surface area contributed by atoms with Crippen LogP contribution in [0.25, 0.3) is 0 Å². The summed E-state index contributed by atoms with van der Waals surface area (Å²) in [6, 6.07) is -1.38. The molecular formula is C51H92N2O7. The van der Waals surface area contributed by atoms with Gasteiger partial charge in [-0.15, -0.1) is 0 Å². The summed E-state index contributed by atoms with van der Waals surface area (Å²) in [5.41, 5.74) is 0. The molecule has 0 rings (SSSR count). The van der Waals surface area contributed by atoms with E-state index < -0.39 is 24.5 Å². The third-order valence-corrected chi connectivity index (χ3v) is 11.2. The van der Waals surface area contributed by atoms with Crippen LogP contribution in [-0.4, -0.2) is 59.3 Å². The Labute approximate surface area is 367 Å². The zero-order valence-electron chi connectivity index (χ0n) is 38.7. The van der Waals surface area contributed by atoms with Gasteiger partial charge in [0.25, 0.3) is 0 Å². The van der Waals surface area contributed by atoms with Gasteiger partial charge in [0, 0.05) is 12.8 Å². The van der Waals surface area contributed by atoms with Crippen LogP contribution in [0, 0.1) is 0 Å². The molecule has 0 aliphatic heterocycles. The lowest BCUT2D eigenvalue weighted by Crippen LogP contribution is -2.47. The number of hydrogen-bond acceptors (Lipinski definition) is 6. The highest BCUT2D eigenvalue weighted by molar-refractivity contribution is 5.87. The second-order valence-corrected chi connectivity index (χ2v) is 16.9. The van der Waals surface area contributed by atoms with Gasteiger partial charge in [0.1, 0.15) is 12.1 Å². The lowest BCUT2D eigenvalue weighted by molar-refractivity contribution is -0.150. The van der Waals surface area contributed by atoms with E-state index in [1.54, 1.807) is 0 Å². The van der Waals surface area contributed by atoms with Gasteiger partial charge in [-0.1, -0.05) is 192 Å². The molecule has 0 spiro atoms. The second kappa shape index (κ2) is 45.6. The minimum atomic E-state index is -1.38. The van der Waals surface area contributed by atoms with E-state index in [2.05, 4.69) is 60.9 Å². The SMILES string of the molecule is CC/C=C\C/C=C\C/C=C\CCCCCCCCCC(=O)OC(CCCCCCCCCCCCCCCCC)CCCCCCCC(=O)NCC(=O)NC(CO)C(=O)O. The van der Waals surface area contributed by atoms with E-state index in [4.69, 9.17) is 14.9 Å². The first-order chi connectivity index (χ1) is 29.3. The maximum Gasteiger partial charge on any atom is 0.328 e. The number of esters is 1. The molecular weight excluding hydrogens is 753 g/mol. The van der Waals surface area contributed by atoms with Gasteiger partial charge >= 0.3 is 11.9 Å². The van der Waals surface area contributed by atoms with Gasteiger partial charge in [0.15, 0.2) is 0 Å². The standard InChI is InChI=1S/C51H92N2O7/c1-3-5-7-9-11-13-15-17-19-20-22-24-26-28-30-35-39-43-50(57)60-46(40-36-32-29-27-25-23-21-18-16-14-12-10-8-6-4-2)41-37-33-31-34-38-42-48(55)52-44-49(56)53-47(45-54)51(58)59/h5,7,11,13,17,19,46-47,54H,3-4,6,8-10,12,14-16,18,20-45H2,1-2H3,(H,52,55)(H,53,56)(H,58,59)/b7-5-,13-11-,19-17-. The van der Waals surface area contributed by atoms with Crippen molar-refractivity contribution in [1.29, 1.82) is 0 Å². The fraction of sp³-hybridized carbons (Fsp3) is 0.804. The van der Waals surface area contributed by atoms with E-state index in [0.717, 1.165) is 83.5 Å². The number of carboxylic acid groups (broad SMARTS) is 1. The normalized spacial score (nSPS) is 12.7. The monoisotopic (exact) mass is 845 g/mol. The van der Waals surface area contributed by atoms with Crippen LogP contribution in [0.5, 0.6) is 0 Å². The number of carbonyl (C=O) groups excluding carboxylic acids is 3. The molecule has 60 heavy (non-hydrogen) atoms. The molecule has 2 unspecified atom stereocenters. The maximum absolute atomic E-state index is 12.9. The Kier molecular flexibility index (Phi) is 43.4. The van der Waals surface area contributed by atoms with E-state index in [1.165, 1.54) is 122 Å². The number of nitrogens with one attached hydrogen (secondary N) is 2. The van der Waals surface area contributed by atoms with E-state index in [9.17, 15) is 19.2 Å². The average molecular weight is 845 g/mol. The molecule has 4 N–H and O–H groups in total. The Balaban J connectivity index is 4.32. The minimum absolute atomic E-state index is 0.0176. The van der Waals surface area contributed by atoms with Crippen molar-refractivity contribution in [1.82, 2.24) is 10.6 Å². The third-order valence-electron chi connectivity index (χ3n) is 11.2. The molecule has 0 aromatic carbocycles. The molecule has 348 valence electrons. The smallest absolute Gasteiger partial charge is 0.328 e. The van der Waals surface area contributed by atoms with Crippen molar-refractivity contribution in [3.05, 3.63) is 36.5 Å². The number of aliphatic hydroxyl groups is 1. The van der Waals surface area contributed by atoms with Crippen molar-refractivity contribution in [2.75, 3.05) is 13.2 Å². The van der Waals surface area contributed by atoms with Gasteiger partial charge < -0.3 is 25.6 Å². The van der Waals surface area contributed by atoms with Crippen LogP contribution in [0.4, 0.5) is 0 Å². The Morgan fingerprint density at radius 3 is 1.43 bits per heavy atom. The van der Waals surface area contributed by atoms with Crippen molar-refractivity contribution < 1.29 is 34.1 Å². The van der Waals surface area contributed by atoms with Crippen LogP contribution in [0.1, 0.15) is 239 Å². The predicted octanol–water partition coefficient (Wildman–Crippen LogP) is 12.9. The minimum Gasteiger partial charge on any atom is -0.480 e. The molecule has 9 nitrogen and oxygen atoms in total. The summed E-state index contributed by atoms with van der Waals surface area (Å²) in [6.07, 6.45) is 53.2. The summed E-state index contributed by atoms with van der Waals surface area (Å²) in [6.45, 7) is 3.40. The first-order valence-corrected chi connectivity index (χ1v) is 24.9. The van der Waals surface area contributed by atoms with Crippen molar-refractivity contribution in [2.24, 2.45) is 0 Å². The molecule has 0 saturated carbocycles. The van der Waals surface area contributed by atoms with Gasteiger partial charge in [0.05, 0.1) is 13.2 Å². The van der Waals surface area contributed by atoms with E-state index in [-0.39, 0.29) is 24.5 Å². The fourth-order valence-electron chi connectivity index (χ4n) is 7.38. The number of aliphatic carboxylic acids is 1. The number of amides is 2. The highest BCUT2D eigenvalue weighted by Crippen LogP contribution is 2.19. The molecule has 0 aliphatic carbocycles. The van der Waals surface area contributed by atoms with Gasteiger partial charge in [-0.25, -0.2) is 4.79 Å². The Morgan fingerprint density at radius 1 is 0.517 bits per heavy atom. The zero-order valence-corrected chi connectivity index (χ0v) is 38.7. The van der Waals surface area contributed by atoms with Crippen LogP contribution in [-0.2, 0) is 23.9 Å². The highest BCUT2D eigenvalue weighted by atomic mass is 16.5. The van der Waals surface area contributed by atoms with Crippen molar-refractivity contribution in [3.8, 4) is 0 Å². The maximum atomic E-state index is 12.9. The summed E-state index contributed by atoms with van der Waals surface area (Å²) < 4.78 is 6.06. The summed E-state index contributed by atoms with van der Waals surface area (Å²) in [5.74, 6) is -2.29. The van der Waals surface area contributed by atoms with Gasteiger partial charge in [-0.05, 0) is 70.6 Å². The fourth-order valence-corrected chi connectivity index (χ4v) is 7.38. The first kappa shape index (κ1) is 57.1. The second-order valence-electron chi connectivity index (χ2n) is 16.9. The molecule has 2 amide bonds. The van der Waals surface area contributed by atoms with E-state index in [0.29, 0.717) is 19.3 Å². The highest BCUT2D eigenvalue weighted by Gasteiger charge is 2.19. The predicted molar refractivity (Wildman–Crippen MR) is 250 cm³/mol. The van der Waals surface area contributed by atoms with Crippen LogP contribution >= 0.6 is 0 Å². The van der Waals surface area contributed by atoms with Crippen LogP contribution < -0.4 is 10.6 Å². The lowest BCUT2D eigenvalue weighted by Gasteiger charge is -2.18. The quantitative estimate of drug-likeness (QED) is 0.0272. The molecule has 0 heterocycles. The molecule has 0 saturated heterocycles. The number of aliphatic hydroxyl groups excluding tert-OH is 1. The Hall–Kier alpha value is -2.94. The molecule has 0 aromatic rings. The summed E-state index contributed by atoms with van der Waals surface area (Å²) in [7, 11) is 0. The van der Waals surface area contributed by atoms with Gasteiger partial charge in [-0.3, -0.25) is 14.4 Å². The molecule has 9 heteroatoms. The van der Waals surface area contributed by atoms with Crippen molar-refractivity contribution in [3.63, 3.8) is 0 Å². The van der Waals surface area contributed by atoms with Gasteiger partial charge in [-0.2, -0.15) is 0 Å². The van der Waals surface area contributed by atoms with Crippen LogP contribution in [0.2, 0.25) is 0 Å². The van der Waals surface area contributed by atoms with E-state index in [1.807, 2.05) is 0 Å². The zero-order chi connectivity index (χ0) is 44.0. The number of carboxylic acids is 1. The molecule has 0 aromatic heterocycles. The molecule has 0 fully saturated rings. The van der Waals surface area contributed by atoms with Crippen LogP contribution in [0.3, 0.4) is 0 Å². The molecule has 2 atom stereocenters. The molecule has 0 radical (unpaired) electrons. The summed E-state index contributed by atoms with van der Waals surface area (Å²) in [5, 5.41) is 22.6. The number of unbranched alkanes of at least 4 members (excludes halogenated alkanes) is 25. The van der Waals surface area contributed by atoms with E-state index >= 15 is 0 Å². The molecule has 0 bridgehead atoms. The van der Waals surface area contributed by atoms with Crippen molar-refractivity contribution >= 4 is 23.8 Å². The molecule has 0 aliphatic rings. The number of hydrogen-bond donors (Lipinski definition) is 4. The Morgan fingerprint density at radius 2 is 0.950 bits per heavy atom. The number of carbonyl (C=O) groups is 4. The Bertz CT molecular complexity index is 1110. The lowest BCUT2D eigenvalue weighted by atomic mass is 10.0. The number of allylic oxidation sites excluding steroid dienone is 6.